The Hall–Kier alpha value is -1.39. The summed E-state index contributed by atoms with van der Waals surface area (Å²) < 4.78 is 12.0. The summed E-state index contributed by atoms with van der Waals surface area (Å²) in [4.78, 5) is 11.5. The van der Waals surface area contributed by atoms with Crippen LogP contribution in [0.15, 0.2) is 24.3 Å². The molecule has 1 saturated heterocycles. The van der Waals surface area contributed by atoms with Gasteiger partial charge in [-0.15, -0.1) is 0 Å². The molecule has 1 aromatic carbocycles. The molecule has 0 aromatic heterocycles. The summed E-state index contributed by atoms with van der Waals surface area (Å²) in [5, 5.41) is 9.44. The van der Waals surface area contributed by atoms with Gasteiger partial charge in [0.15, 0.2) is 11.9 Å². The highest BCUT2D eigenvalue weighted by molar-refractivity contribution is 5.74. The summed E-state index contributed by atoms with van der Waals surface area (Å²) in [7, 11) is 0. The number of ether oxygens (including phenoxy) is 2. The van der Waals surface area contributed by atoms with E-state index in [4.69, 9.17) is 9.47 Å². The molecule has 1 aliphatic carbocycles. The van der Waals surface area contributed by atoms with Crippen molar-refractivity contribution in [2.75, 3.05) is 0 Å². The van der Waals surface area contributed by atoms with Crippen LogP contribution < -0.4 is 0 Å². The fourth-order valence-corrected chi connectivity index (χ4v) is 3.25. The lowest BCUT2D eigenvalue weighted by atomic mass is 9.94. The van der Waals surface area contributed by atoms with Gasteiger partial charge in [-0.1, -0.05) is 30.7 Å². The van der Waals surface area contributed by atoms with E-state index in [9.17, 15) is 9.90 Å². The van der Waals surface area contributed by atoms with Crippen molar-refractivity contribution in [3.05, 3.63) is 35.4 Å². The molecule has 108 valence electrons. The Morgan fingerprint density at radius 2 is 1.90 bits per heavy atom. The second-order valence-electron chi connectivity index (χ2n) is 5.74. The SMILES string of the molecule is Cc1ccccc1[C@@H]1OC2(CCCCC2)O[C@H]1C(=O)O. The summed E-state index contributed by atoms with van der Waals surface area (Å²) >= 11 is 0. The maximum absolute atomic E-state index is 11.5. The monoisotopic (exact) mass is 276 g/mol. The minimum Gasteiger partial charge on any atom is -0.479 e. The molecule has 3 rings (SSSR count). The van der Waals surface area contributed by atoms with Crippen LogP contribution in [-0.4, -0.2) is 23.0 Å². The van der Waals surface area contributed by atoms with Gasteiger partial charge in [0.05, 0.1) is 0 Å². The average Bonchev–Trinajstić information content (AvgIpc) is 2.79. The minimum absolute atomic E-state index is 0.508. The van der Waals surface area contributed by atoms with E-state index >= 15 is 0 Å². The Kier molecular flexibility index (Phi) is 3.52. The predicted octanol–water partition coefficient (Wildman–Crippen LogP) is 3.20. The third-order valence-electron chi connectivity index (χ3n) is 4.31. The molecule has 2 aliphatic rings. The highest BCUT2D eigenvalue weighted by Crippen LogP contribution is 2.46. The molecule has 1 saturated carbocycles. The lowest BCUT2D eigenvalue weighted by molar-refractivity contribution is -0.199. The van der Waals surface area contributed by atoms with Gasteiger partial charge >= 0.3 is 5.97 Å². The summed E-state index contributed by atoms with van der Waals surface area (Å²) in [5.41, 5.74) is 1.96. The molecular formula is C16H20O4. The normalized spacial score (nSPS) is 28.6. The average molecular weight is 276 g/mol. The number of aliphatic carboxylic acids is 1. The summed E-state index contributed by atoms with van der Waals surface area (Å²) in [6, 6.07) is 7.77. The number of carboxylic acids is 1. The van der Waals surface area contributed by atoms with Crippen LogP contribution in [0.25, 0.3) is 0 Å². The molecule has 1 aromatic rings. The number of hydrogen-bond donors (Lipinski definition) is 1. The van der Waals surface area contributed by atoms with Crippen molar-refractivity contribution in [2.45, 2.75) is 57.0 Å². The molecule has 1 N–H and O–H groups in total. The second kappa shape index (κ2) is 5.19. The minimum atomic E-state index is -0.944. The van der Waals surface area contributed by atoms with E-state index in [0.717, 1.165) is 36.8 Å². The third-order valence-corrected chi connectivity index (χ3v) is 4.31. The zero-order valence-corrected chi connectivity index (χ0v) is 11.7. The molecule has 1 heterocycles. The smallest absolute Gasteiger partial charge is 0.336 e. The highest BCUT2D eigenvalue weighted by Gasteiger charge is 2.51. The topological polar surface area (TPSA) is 55.8 Å². The molecule has 4 nitrogen and oxygen atoms in total. The maximum Gasteiger partial charge on any atom is 0.336 e. The van der Waals surface area contributed by atoms with Crippen LogP contribution >= 0.6 is 0 Å². The van der Waals surface area contributed by atoms with E-state index in [-0.39, 0.29) is 0 Å². The van der Waals surface area contributed by atoms with Gasteiger partial charge < -0.3 is 14.6 Å². The molecular weight excluding hydrogens is 256 g/mol. The molecule has 4 heteroatoms. The van der Waals surface area contributed by atoms with Crippen LogP contribution in [-0.2, 0) is 14.3 Å². The lowest BCUT2D eigenvalue weighted by Gasteiger charge is -2.31. The number of hydrogen-bond acceptors (Lipinski definition) is 3. The van der Waals surface area contributed by atoms with Crippen LogP contribution in [0.3, 0.4) is 0 Å². The first-order chi connectivity index (χ1) is 9.61. The molecule has 0 radical (unpaired) electrons. The first-order valence-electron chi connectivity index (χ1n) is 7.25. The highest BCUT2D eigenvalue weighted by atomic mass is 16.8. The van der Waals surface area contributed by atoms with Crippen molar-refractivity contribution in [1.82, 2.24) is 0 Å². The largest absolute Gasteiger partial charge is 0.479 e. The molecule has 0 amide bonds. The Morgan fingerprint density at radius 3 is 2.55 bits per heavy atom. The number of carbonyl (C=O) groups is 1. The van der Waals surface area contributed by atoms with E-state index in [1.165, 1.54) is 6.42 Å². The maximum atomic E-state index is 11.5. The van der Waals surface area contributed by atoms with Crippen molar-refractivity contribution in [3.8, 4) is 0 Å². The molecule has 20 heavy (non-hydrogen) atoms. The van der Waals surface area contributed by atoms with Gasteiger partial charge in [-0.25, -0.2) is 4.79 Å². The number of rotatable bonds is 2. The van der Waals surface area contributed by atoms with Gasteiger partial charge in [-0.3, -0.25) is 0 Å². The summed E-state index contributed by atoms with van der Waals surface area (Å²) in [5.74, 6) is -1.63. The number of benzene rings is 1. The van der Waals surface area contributed by atoms with Crippen LogP contribution in [0, 0.1) is 6.92 Å². The Balaban J connectivity index is 1.92. The van der Waals surface area contributed by atoms with Crippen molar-refractivity contribution in [2.24, 2.45) is 0 Å². The molecule has 1 spiro atoms. The molecule has 0 bridgehead atoms. The fourth-order valence-electron chi connectivity index (χ4n) is 3.25. The summed E-state index contributed by atoms with van der Waals surface area (Å²) in [6.45, 7) is 1.98. The van der Waals surface area contributed by atoms with E-state index < -0.39 is 24.0 Å². The first kappa shape index (κ1) is 13.6. The van der Waals surface area contributed by atoms with Crippen LogP contribution in [0.1, 0.15) is 49.3 Å². The van der Waals surface area contributed by atoms with Gasteiger partial charge in [0.2, 0.25) is 0 Å². The summed E-state index contributed by atoms with van der Waals surface area (Å²) in [6.07, 6.45) is 3.40. The van der Waals surface area contributed by atoms with Gasteiger partial charge in [-0.2, -0.15) is 0 Å². The Labute approximate surface area is 118 Å². The fraction of sp³-hybridized carbons (Fsp3) is 0.562. The first-order valence-corrected chi connectivity index (χ1v) is 7.25. The molecule has 1 aliphatic heterocycles. The van der Waals surface area contributed by atoms with Crippen LogP contribution in [0.4, 0.5) is 0 Å². The number of aryl methyl sites for hydroxylation is 1. The van der Waals surface area contributed by atoms with Crippen molar-refractivity contribution in [3.63, 3.8) is 0 Å². The number of carboxylic acid groups (broad SMARTS) is 1. The van der Waals surface area contributed by atoms with Crippen molar-refractivity contribution >= 4 is 5.97 Å². The molecule has 2 fully saturated rings. The van der Waals surface area contributed by atoms with Gasteiger partial charge in [0, 0.05) is 12.8 Å². The van der Waals surface area contributed by atoms with Crippen LogP contribution in [0.2, 0.25) is 0 Å². The predicted molar refractivity (Wildman–Crippen MR) is 73.3 cm³/mol. The molecule has 0 unspecified atom stereocenters. The van der Waals surface area contributed by atoms with Crippen molar-refractivity contribution in [1.29, 1.82) is 0 Å². The zero-order chi connectivity index (χ0) is 14.2. The van der Waals surface area contributed by atoms with Crippen LogP contribution in [0.5, 0.6) is 0 Å². The van der Waals surface area contributed by atoms with E-state index in [0.29, 0.717) is 0 Å². The van der Waals surface area contributed by atoms with Gasteiger partial charge in [-0.05, 0) is 30.9 Å². The quantitative estimate of drug-likeness (QED) is 0.901. The zero-order valence-electron chi connectivity index (χ0n) is 11.7. The van der Waals surface area contributed by atoms with Crippen molar-refractivity contribution < 1.29 is 19.4 Å². The standard InChI is InChI=1S/C16H20O4/c1-11-7-3-4-8-12(11)13-14(15(17)18)20-16(19-13)9-5-2-6-10-16/h3-4,7-8,13-14H,2,5-6,9-10H2,1H3,(H,17,18)/t13-,14+/m0/s1. The van der Waals surface area contributed by atoms with Gasteiger partial charge in [0.1, 0.15) is 6.10 Å². The lowest BCUT2D eigenvalue weighted by Crippen LogP contribution is -2.34. The van der Waals surface area contributed by atoms with E-state index in [1.54, 1.807) is 0 Å². The second-order valence-corrected chi connectivity index (χ2v) is 5.74. The Morgan fingerprint density at radius 1 is 1.20 bits per heavy atom. The van der Waals surface area contributed by atoms with Gasteiger partial charge in [0.25, 0.3) is 0 Å². The van der Waals surface area contributed by atoms with E-state index in [1.807, 2.05) is 31.2 Å². The Bertz CT molecular complexity index is 505. The third kappa shape index (κ3) is 2.34. The molecule has 2 atom stereocenters. The van der Waals surface area contributed by atoms with E-state index in [2.05, 4.69) is 0 Å².